The molecule has 3 saturated heterocycles. The number of fused-ring (bicyclic) bond motifs is 1. The summed E-state index contributed by atoms with van der Waals surface area (Å²) in [6, 6.07) is 6.54. The van der Waals surface area contributed by atoms with E-state index in [1.165, 1.54) is 0 Å². The molecule has 0 radical (unpaired) electrons. The highest BCUT2D eigenvalue weighted by atomic mass is 32.2. The predicted molar refractivity (Wildman–Crippen MR) is 136 cm³/mol. The van der Waals surface area contributed by atoms with Crippen molar-refractivity contribution in [2.75, 3.05) is 25.1 Å². The average Bonchev–Trinajstić information content (AvgIpc) is 3.36. The molecule has 3 unspecified atom stereocenters. The molecule has 2 bridgehead atoms. The summed E-state index contributed by atoms with van der Waals surface area (Å²) in [6.07, 6.45) is 1.17. The standard InChI is InChI=1S/C26H37N3O5S/c1-6-34-17-10-8-16(9-11-17)27-22(31)19-18-14-15(2)26(35-18)20(19)24(33)29(12-7-13-30)21(26)23(32)28-25(3,4)5/h8-11,15,18-21,30H,6-7,12-14H2,1-5H3,(H,27,31)(H,28,32)/t15?,18-,19+,20-,21?,26?/m0/s1. The molecular formula is C26H37N3O5S. The lowest BCUT2D eigenvalue weighted by molar-refractivity contribution is -0.139. The van der Waals surface area contributed by atoms with Gasteiger partial charge in [-0.1, -0.05) is 6.92 Å². The first-order valence-electron chi connectivity index (χ1n) is 12.5. The number of carbonyl (C=O) groups is 3. The molecule has 1 aromatic rings. The normalized spacial score (nSPS) is 31.4. The zero-order chi connectivity index (χ0) is 25.5. The van der Waals surface area contributed by atoms with Gasteiger partial charge in [0.2, 0.25) is 17.7 Å². The van der Waals surface area contributed by atoms with Crippen molar-refractivity contribution in [1.29, 1.82) is 0 Å². The van der Waals surface area contributed by atoms with Gasteiger partial charge in [-0.15, -0.1) is 11.8 Å². The van der Waals surface area contributed by atoms with Crippen LogP contribution in [-0.4, -0.2) is 69.1 Å². The Labute approximate surface area is 211 Å². The number of aliphatic hydroxyl groups is 1. The van der Waals surface area contributed by atoms with Gasteiger partial charge in [-0.25, -0.2) is 0 Å². The molecule has 3 fully saturated rings. The monoisotopic (exact) mass is 503 g/mol. The van der Waals surface area contributed by atoms with Crippen molar-refractivity contribution in [2.45, 2.75) is 69.0 Å². The van der Waals surface area contributed by atoms with Gasteiger partial charge in [0.1, 0.15) is 11.8 Å². The smallest absolute Gasteiger partial charge is 0.244 e. The second kappa shape index (κ2) is 9.65. The average molecular weight is 504 g/mol. The van der Waals surface area contributed by atoms with E-state index in [0.29, 0.717) is 25.3 Å². The molecule has 1 aromatic carbocycles. The topological polar surface area (TPSA) is 108 Å². The summed E-state index contributed by atoms with van der Waals surface area (Å²) in [4.78, 5) is 42.6. The minimum atomic E-state index is -0.668. The number of nitrogens with zero attached hydrogens (tertiary/aromatic N) is 1. The summed E-state index contributed by atoms with van der Waals surface area (Å²) >= 11 is 1.65. The molecule has 3 N–H and O–H groups in total. The van der Waals surface area contributed by atoms with Crippen LogP contribution in [0.3, 0.4) is 0 Å². The fraction of sp³-hybridized carbons (Fsp3) is 0.654. The maximum absolute atomic E-state index is 13.8. The molecule has 3 aliphatic rings. The van der Waals surface area contributed by atoms with E-state index >= 15 is 0 Å². The Balaban J connectivity index is 1.64. The number of amides is 3. The van der Waals surface area contributed by atoms with E-state index in [-0.39, 0.29) is 35.5 Å². The second-order valence-electron chi connectivity index (χ2n) is 10.8. The molecule has 0 aromatic heterocycles. The zero-order valence-corrected chi connectivity index (χ0v) is 22.0. The Bertz CT molecular complexity index is 978. The number of thioether (sulfide) groups is 1. The quantitative estimate of drug-likeness (QED) is 0.503. The van der Waals surface area contributed by atoms with Gasteiger partial charge >= 0.3 is 0 Å². The summed E-state index contributed by atoms with van der Waals surface area (Å²) in [5.74, 6) is -0.766. The highest BCUT2D eigenvalue weighted by Crippen LogP contribution is 2.68. The van der Waals surface area contributed by atoms with E-state index in [0.717, 1.165) is 12.2 Å². The molecule has 3 amide bonds. The Hall–Kier alpha value is -2.26. The van der Waals surface area contributed by atoms with E-state index in [9.17, 15) is 19.5 Å². The SMILES string of the molecule is CCOc1ccc(NC(=O)[C@@H]2[C@@H]3CC(C)C4(S3)C(C(=O)NC(C)(C)C)N(CCCO)C(=O)[C@H]24)cc1. The predicted octanol–water partition coefficient (Wildman–Crippen LogP) is 2.66. The molecule has 0 aliphatic carbocycles. The maximum Gasteiger partial charge on any atom is 0.244 e. The van der Waals surface area contributed by atoms with Crippen LogP contribution in [0.25, 0.3) is 0 Å². The van der Waals surface area contributed by atoms with Crippen LogP contribution < -0.4 is 15.4 Å². The van der Waals surface area contributed by atoms with Gasteiger partial charge in [-0.3, -0.25) is 14.4 Å². The first-order valence-corrected chi connectivity index (χ1v) is 13.4. The number of nitrogens with one attached hydrogen (secondary N) is 2. The number of anilines is 1. The van der Waals surface area contributed by atoms with E-state index in [4.69, 9.17) is 4.74 Å². The van der Waals surface area contributed by atoms with Gasteiger partial charge in [0.15, 0.2) is 0 Å². The van der Waals surface area contributed by atoms with Crippen LogP contribution in [0, 0.1) is 17.8 Å². The van der Waals surface area contributed by atoms with Crippen LogP contribution in [0.1, 0.15) is 47.5 Å². The maximum atomic E-state index is 13.8. The Kier molecular flexibility index (Phi) is 7.12. The molecule has 35 heavy (non-hydrogen) atoms. The van der Waals surface area contributed by atoms with E-state index in [2.05, 4.69) is 17.6 Å². The minimum absolute atomic E-state index is 0.0217. The molecular weight excluding hydrogens is 466 g/mol. The zero-order valence-electron chi connectivity index (χ0n) is 21.2. The fourth-order valence-corrected chi connectivity index (χ4v) is 8.49. The first kappa shape index (κ1) is 25.8. The van der Waals surface area contributed by atoms with Crippen LogP contribution in [0.5, 0.6) is 5.75 Å². The lowest BCUT2D eigenvalue weighted by Gasteiger charge is -2.39. The summed E-state index contributed by atoms with van der Waals surface area (Å²) in [7, 11) is 0. The third-order valence-corrected chi connectivity index (χ3v) is 9.36. The lowest BCUT2D eigenvalue weighted by Crippen LogP contribution is -2.59. The van der Waals surface area contributed by atoms with Gasteiger partial charge < -0.3 is 25.4 Å². The van der Waals surface area contributed by atoms with Crippen molar-refractivity contribution in [2.24, 2.45) is 17.8 Å². The van der Waals surface area contributed by atoms with Crippen LogP contribution in [0.15, 0.2) is 24.3 Å². The second-order valence-corrected chi connectivity index (χ2v) is 12.4. The van der Waals surface area contributed by atoms with Crippen molar-refractivity contribution in [1.82, 2.24) is 10.2 Å². The largest absolute Gasteiger partial charge is 0.494 e. The number of rotatable bonds is 8. The molecule has 4 rings (SSSR count). The third-order valence-electron chi connectivity index (χ3n) is 7.28. The van der Waals surface area contributed by atoms with Gasteiger partial charge in [0.25, 0.3) is 0 Å². The number of hydrogen-bond donors (Lipinski definition) is 3. The van der Waals surface area contributed by atoms with Gasteiger partial charge in [-0.2, -0.15) is 0 Å². The van der Waals surface area contributed by atoms with Crippen LogP contribution in [0.4, 0.5) is 5.69 Å². The highest BCUT2D eigenvalue weighted by molar-refractivity contribution is 8.02. The van der Waals surface area contributed by atoms with Crippen LogP contribution >= 0.6 is 11.8 Å². The minimum Gasteiger partial charge on any atom is -0.494 e. The Morgan fingerprint density at radius 3 is 2.51 bits per heavy atom. The third kappa shape index (κ3) is 4.53. The van der Waals surface area contributed by atoms with Crippen molar-refractivity contribution in [3.05, 3.63) is 24.3 Å². The molecule has 192 valence electrons. The Morgan fingerprint density at radius 2 is 1.91 bits per heavy atom. The lowest BCUT2D eigenvalue weighted by atomic mass is 9.65. The summed E-state index contributed by atoms with van der Waals surface area (Å²) in [5, 5.41) is 15.5. The summed E-state index contributed by atoms with van der Waals surface area (Å²) in [5.41, 5.74) is 0.199. The summed E-state index contributed by atoms with van der Waals surface area (Å²) in [6.45, 7) is 10.6. The molecule has 0 saturated carbocycles. The number of aliphatic hydroxyl groups excluding tert-OH is 1. The van der Waals surface area contributed by atoms with Gasteiger partial charge in [-0.05, 0) is 70.7 Å². The molecule has 8 nitrogen and oxygen atoms in total. The number of benzene rings is 1. The number of ether oxygens (including phenoxy) is 1. The van der Waals surface area contributed by atoms with E-state index in [1.54, 1.807) is 28.8 Å². The molecule has 9 heteroatoms. The summed E-state index contributed by atoms with van der Waals surface area (Å²) < 4.78 is 4.82. The number of carbonyl (C=O) groups excluding carboxylic acids is 3. The first-order chi connectivity index (χ1) is 16.5. The van der Waals surface area contributed by atoms with E-state index < -0.39 is 28.2 Å². The molecule has 3 heterocycles. The molecule has 3 aliphatic heterocycles. The molecule has 6 atom stereocenters. The van der Waals surface area contributed by atoms with Crippen LogP contribution in [-0.2, 0) is 14.4 Å². The van der Waals surface area contributed by atoms with E-state index in [1.807, 2.05) is 39.8 Å². The van der Waals surface area contributed by atoms with Gasteiger partial charge in [0, 0.05) is 29.6 Å². The number of likely N-dealkylation sites (tertiary alicyclic amines) is 1. The van der Waals surface area contributed by atoms with Crippen LogP contribution in [0.2, 0.25) is 0 Å². The fourth-order valence-electron chi connectivity index (χ4n) is 6.07. The van der Waals surface area contributed by atoms with Crippen molar-refractivity contribution < 1.29 is 24.2 Å². The molecule has 1 spiro atoms. The van der Waals surface area contributed by atoms with Crippen molar-refractivity contribution >= 4 is 35.2 Å². The van der Waals surface area contributed by atoms with Crippen molar-refractivity contribution in [3.63, 3.8) is 0 Å². The highest BCUT2D eigenvalue weighted by Gasteiger charge is 2.75. The van der Waals surface area contributed by atoms with Gasteiger partial charge in [0.05, 0.1) is 23.2 Å². The van der Waals surface area contributed by atoms with Crippen molar-refractivity contribution in [3.8, 4) is 5.75 Å². The number of hydrogen-bond acceptors (Lipinski definition) is 6. The Morgan fingerprint density at radius 1 is 1.23 bits per heavy atom.